The number of rotatable bonds is 5. The maximum absolute atomic E-state index is 13.0. The van der Waals surface area contributed by atoms with Crippen molar-refractivity contribution in [1.82, 2.24) is 9.80 Å². The van der Waals surface area contributed by atoms with Crippen molar-refractivity contribution in [1.29, 1.82) is 0 Å². The van der Waals surface area contributed by atoms with Crippen molar-refractivity contribution in [2.75, 3.05) is 13.7 Å². The van der Waals surface area contributed by atoms with E-state index in [1.165, 1.54) is 14.0 Å². The molecule has 0 radical (unpaired) electrons. The summed E-state index contributed by atoms with van der Waals surface area (Å²) >= 11 is 0. The molecular formula is C21H28N2O4. The van der Waals surface area contributed by atoms with E-state index in [9.17, 15) is 14.4 Å². The molecule has 0 spiro atoms. The van der Waals surface area contributed by atoms with Gasteiger partial charge in [0.15, 0.2) is 5.78 Å². The average Bonchev–Trinajstić information content (AvgIpc) is 3.15. The van der Waals surface area contributed by atoms with Crippen LogP contribution in [0, 0.1) is 0 Å². The minimum Gasteiger partial charge on any atom is -0.467 e. The van der Waals surface area contributed by atoms with Gasteiger partial charge in [-0.25, -0.2) is 4.79 Å². The van der Waals surface area contributed by atoms with Crippen molar-refractivity contribution in [2.45, 2.75) is 53.0 Å². The van der Waals surface area contributed by atoms with E-state index in [0.717, 1.165) is 24.1 Å². The second-order valence-electron chi connectivity index (χ2n) is 6.85. The Morgan fingerprint density at radius 1 is 1.26 bits per heavy atom. The molecule has 2 aliphatic heterocycles. The molecule has 0 saturated carbocycles. The van der Waals surface area contributed by atoms with E-state index in [1.807, 2.05) is 26.0 Å². The molecule has 1 unspecified atom stereocenters. The molecule has 0 aromatic carbocycles. The Bertz CT molecular complexity index is 758. The van der Waals surface area contributed by atoms with Crippen LogP contribution < -0.4 is 0 Å². The molecule has 1 atom stereocenters. The van der Waals surface area contributed by atoms with Crippen LogP contribution in [0.3, 0.4) is 0 Å². The van der Waals surface area contributed by atoms with Crippen LogP contribution in [0.25, 0.3) is 0 Å². The van der Waals surface area contributed by atoms with E-state index in [2.05, 4.69) is 0 Å². The fraction of sp³-hybridized carbons (Fsp3) is 0.476. The van der Waals surface area contributed by atoms with Crippen molar-refractivity contribution in [2.24, 2.45) is 0 Å². The van der Waals surface area contributed by atoms with Gasteiger partial charge in [-0.3, -0.25) is 9.59 Å². The Morgan fingerprint density at radius 3 is 2.56 bits per heavy atom. The Kier molecular flexibility index (Phi) is 6.77. The molecule has 6 heteroatoms. The first-order valence-corrected chi connectivity index (χ1v) is 9.27. The highest BCUT2D eigenvalue weighted by Gasteiger charge is 2.35. The number of amides is 1. The monoisotopic (exact) mass is 372 g/mol. The lowest BCUT2D eigenvalue weighted by Gasteiger charge is -2.29. The Labute approximate surface area is 160 Å². The van der Waals surface area contributed by atoms with Crippen molar-refractivity contribution >= 4 is 17.7 Å². The number of carbonyl (C=O) groups is 3. The number of esters is 1. The van der Waals surface area contributed by atoms with Crippen LogP contribution in [-0.4, -0.2) is 47.2 Å². The second-order valence-corrected chi connectivity index (χ2v) is 6.85. The number of hydrogen-bond donors (Lipinski definition) is 0. The van der Waals surface area contributed by atoms with E-state index >= 15 is 0 Å². The van der Waals surface area contributed by atoms with Gasteiger partial charge in [0.2, 0.25) is 0 Å². The van der Waals surface area contributed by atoms with Gasteiger partial charge in [-0.05, 0) is 50.8 Å². The molecule has 0 aromatic rings. The highest BCUT2D eigenvalue weighted by Crippen LogP contribution is 2.27. The SMILES string of the molecule is CC/C(C)=C1\C=CC=C(C(C)=O)N1/C=C(\C)C(=O)N1CCCC1C(=O)OC. The van der Waals surface area contributed by atoms with E-state index in [4.69, 9.17) is 4.74 Å². The molecular weight excluding hydrogens is 344 g/mol. The summed E-state index contributed by atoms with van der Waals surface area (Å²) in [5, 5.41) is 0. The minimum atomic E-state index is -0.540. The van der Waals surface area contributed by atoms with Crippen LogP contribution >= 0.6 is 0 Å². The zero-order chi connectivity index (χ0) is 20.1. The normalized spacial score (nSPS) is 21.9. The largest absolute Gasteiger partial charge is 0.467 e. The summed E-state index contributed by atoms with van der Waals surface area (Å²) in [5.74, 6) is -0.680. The first-order chi connectivity index (χ1) is 12.8. The smallest absolute Gasteiger partial charge is 0.328 e. The number of allylic oxidation sites excluding steroid dienone is 5. The summed E-state index contributed by atoms with van der Waals surface area (Å²) in [6, 6.07) is -0.540. The number of ether oxygens (including phenoxy) is 1. The molecule has 1 fully saturated rings. The summed E-state index contributed by atoms with van der Waals surface area (Å²) in [4.78, 5) is 40.3. The molecule has 0 bridgehead atoms. The molecule has 27 heavy (non-hydrogen) atoms. The number of Topliss-reactive ketones (excluding diaryl/α,β-unsaturated/α-hetero) is 1. The van der Waals surface area contributed by atoms with Gasteiger partial charge >= 0.3 is 5.97 Å². The predicted octanol–water partition coefficient (Wildman–Crippen LogP) is 3.08. The molecule has 0 N–H and O–H groups in total. The van der Waals surface area contributed by atoms with Crippen molar-refractivity contribution in [3.05, 3.63) is 47.0 Å². The van der Waals surface area contributed by atoms with Crippen LogP contribution in [0.1, 0.15) is 47.0 Å². The summed E-state index contributed by atoms with van der Waals surface area (Å²) < 4.78 is 4.82. The first kappa shape index (κ1) is 20.7. The van der Waals surface area contributed by atoms with Gasteiger partial charge in [-0.15, -0.1) is 0 Å². The summed E-state index contributed by atoms with van der Waals surface area (Å²) in [5.41, 5.74) is 2.99. The van der Waals surface area contributed by atoms with Crippen molar-refractivity contribution in [3.63, 3.8) is 0 Å². The van der Waals surface area contributed by atoms with E-state index in [1.54, 1.807) is 29.0 Å². The summed E-state index contributed by atoms with van der Waals surface area (Å²) in [6.07, 6.45) is 9.43. The number of carbonyl (C=O) groups excluding carboxylic acids is 3. The van der Waals surface area contributed by atoms with Crippen LogP contribution in [0.2, 0.25) is 0 Å². The van der Waals surface area contributed by atoms with E-state index in [0.29, 0.717) is 24.2 Å². The Hall–Kier alpha value is -2.63. The fourth-order valence-corrected chi connectivity index (χ4v) is 3.34. The Morgan fingerprint density at radius 2 is 1.96 bits per heavy atom. The van der Waals surface area contributed by atoms with Gasteiger partial charge in [-0.2, -0.15) is 0 Å². The maximum Gasteiger partial charge on any atom is 0.328 e. The van der Waals surface area contributed by atoms with Gasteiger partial charge in [-0.1, -0.05) is 13.0 Å². The quantitative estimate of drug-likeness (QED) is 0.548. The Balaban J connectivity index is 2.36. The number of likely N-dealkylation sites (tertiary alicyclic amines) is 1. The third kappa shape index (κ3) is 4.38. The van der Waals surface area contributed by atoms with Crippen molar-refractivity contribution in [3.8, 4) is 0 Å². The lowest BCUT2D eigenvalue weighted by Crippen LogP contribution is -2.41. The van der Waals surface area contributed by atoms with Crippen molar-refractivity contribution < 1.29 is 19.1 Å². The molecule has 2 aliphatic rings. The molecule has 6 nitrogen and oxygen atoms in total. The van der Waals surface area contributed by atoms with Crippen LogP contribution in [-0.2, 0) is 19.1 Å². The molecule has 0 aliphatic carbocycles. The van der Waals surface area contributed by atoms with E-state index < -0.39 is 6.04 Å². The lowest BCUT2D eigenvalue weighted by atomic mass is 10.1. The molecule has 2 heterocycles. The average molecular weight is 372 g/mol. The van der Waals surface area contributed by atoms with Gasteiger partial charge in [0.05, 0.1) is 12.8 Å². The van der Waals surface area contributed by atoms with E-state index in [-0.39, 0.29) is 17.7 Å². The van der Waals surface area contributed by atoms with Gasteiger partial charge in [0.1, 0.15) is 6.04 Å². The molecule has 0 aromatic heterocycles. The fourth-order valence-electron chi connectivity index (χ4n) is 3.34. The number of ketones is 1. The molecule has 1 saturated heterocycles. The van der Waals surface area contributed by atoms with Crippen LogP contribution in [0.4, 0.5) is 0 Å². The van der Waals surface area contributed by atoms with Crippen LogP contribution in [0.15, 0.2) is 47.0 Å². The van der Waals surface area contributed by atoms with Gasteiger partial charge in [0.25, 0.3) is 5.91 Å². The zero-order valence-electron chi connectivity index (χ0n) is 16.7. The third-order valence-electron chi connectivity index (χ3n) is 5.00. The lowest BCUT2D eigenvalue weighted by molar-refractivity contribution is -0.149. The molecule has 146 valence electrons. The maximum atomic E-state index is 13.0. The van der Waals surface area contributed by atoms with Gasteiger partial charge < -0.3 is 14.5 Å². The zero-order valence-corrected chi connectivity index (χ0v) is 16.7. The topological polar surface area (TPSA) is 66.9 Å². The number of hydrogen-bond acceptors (Lipinski definition) is 5. The minimum absolute atomic E-state index is 0.0779. The highest BCUT2D eigenvalue weighted by atomic mass is 16.5. The van der Waals surface area contributed by atoms with Gasteiger partial charge in [0, 0.05) is 30.9 Å². The second kappa shape index (κ2) is 8.84. The molecule has 1 amide bonds. The standard InChI is InChI=1S/C21H28N2O4/c1-6-14(2)17-9-7-10-18(16(4)24)23(17)13-15(3)20(25)22-12-8-11-19(22)21(26)27-5/h7,9-10,13,19H,6,8,11-12H2,1-5H3/b15-13+,17-14+. The number of nitrogens with zero attached hydrogens (tertiary/aromatic N) is 2. The molecule has 2 rings (SSSR count). The first-order valence-electron chi connectivity index (χ1n) is 9.27. The summed E-state index contributed by atoms with van der Waals surface area (Å²) in [7, 11) is 1.33. The third-order valence-corrected chi connectivity index (χ3v) is 5.00. The highest BCUT2D eigenvalue weighted by molar-refractivity contribution is 5.97. The van der Waals surface area contributed by atoms with Crippen LogP contribution in [0.5, 0.6) is 0 Å². The predicted molar refractivity (Wildman–Crippen MR) is 103 cm³/mol. The summed E-state index contributed by atoms with van der Waals surface area (Å²) in [6.45, 7) is 7.80. The number of methoxy groups -OCH3 is 1.